The summed E-state index contributed by atoms with van der Waals surface area (Å²) >= 11 is 1.54. The molecule has 0 fully saturated rings. The van der Waals surface area contributed by atoms with Crippen molar-refractivity contribution in [2.24, 2.45) is 0 Å². The second kappa shape index (κ2) is 9.69. The Morgan fingerprint density at radius 1 is 1.08 bits per heavy atom. The van der Waals surface area contributed by atoms with E-state index < -0.39 is 0 Å². The average Bonchev–Trinajstić information content (AvgIpc) is 2.59. The third-order valence-corrected chi connectivity index (χ3v) is 4.74. The first-order valence-electron chi connectivity index (χ1n) is 8.76. The molecule has 0 atom stereocenters. The van der Waals surface area contributed by atoms with E-state index in [-0.39, 0.29) is 5.91 Å². The summed E-state index contributed by atoms with van der Waals surface area (Å²) in [5.41, 5.74) is 5.38. The minimum Gasteiger partial charge on any atom is -0.352 e. The average molecular weight is 373 g/mol. The second-order valence-electron chi connectivity index (χ2n) is 6.69. The normalized spacial score (nSPS) is 11.0. The van der Waals surface area contributed by atoms with Gasteiger partial charge < -0.3 is 10.2 Å². The maximum Gasteiger partial charge on any atom is 0.220 e. The van der Waals surface area contributed by atoms with Crippen LogP contribution in [0.15, 0.2) is 29.4 Å². The van der Waals surface area contributed by atoms with Gasteiger partial charge in [0.1, 0.15) is 0 Å². The van der Waals surface area contributed by atoms with Gasteiger partial charge in [0.15, 0.2) is 5.16 Å². The molecule has 5 nitrogen and oxygen atoms in total. The maximum absolute atomic E-state index is 12.2. The second-order valence-corrected chi connectivity index (χ2v) is 7.46. The highest BCUT2D eigenvalue weighted by Crippen LogP contribution is 2.17. The number of nitrogens with zero attached hydrogens (tertiary/aromatic N) is 3. The summed E-state index contributed by atoms with van der Waals surface area (Å²) in [6, 6.07) is 8.36. The van der Waals surface area contributed by atoms with Crippen molar-refractivity contribution < 1.29 is 4.79 Å². The van der Waals surface area contributed by atoms with E-state index in [0.717, 1.165) is 34.2 Å². The number of aryl methyl sites for hydroxylation is 2. The van der Waals surface area contributed by atoms with Gasteiger partial charge in [0.05, 0.1) is 0 Å². The fourth-order valence-electron chi connectivity index (χ4n) is 2.82. The largest absolute Gasteiger partial charge is 0.352 e. The van der Waals surface area contributed by atoms with Gasteiger partial charge in [-0.2, -0.15) is 0 Å². The fraction of sp³-hybridized carbons (Fsp3) is 0.450. The molecule has 140 valence electrons. The van der Waals surface area contributed by atoms with Crippen LogP contribution in [-0.2, 0) is 24.3 Å². The Balaban J connectivity index is 1.84. The maximum atomic E-state index is 12.2. The summed E-state index contributed by atoms with van der Waals surface area (Å²) in [6.45, 7) is 5.44. The Morgan fingerprint density at radius 2 is 1.65 bits per heavy atom. The molecule has 1 aromatic carbocycles. The van der Waals surface area contributed by atoms with Crippen molar-refractivity contribution in [3.8, 4) is 0 Å². The van der Waals surface area contributed by atoms with Gasteiger partial charge in [-0.15, -0.1) is 0 Å². The van der Waals surface area contributed by atoms with Crippen LogP contribution in [0.25, 0.3) is 0 Å². The molecule has 6 heteroatoms. The van der Waals surface area contributed by atoms with E-state index in [1.54, 1.807) is 0 Å². The molecule has 0 aliphatic rings. The quantitative estimate of drug-likeness (QED) is 0.570. The van der Waals surface area contributed by atoms with Gasteiger partial charge in [-0.05, 0) is 57.3 Å². The summed E-state index contributed by atoms with van der Waals surface area (Å²) in [5, 5.41) is 3.78. The zero-order valence-electron chi connectivity index (χ0n) is 16.3. The summed E-state index contributed by atoms with van der Waals surface area (Å²) < 4.78 is 0. The Hall–Kier alpha value is -1.92. The zero-order chi connectivity index (χ0) is 19.1. The minimum absolute atomic E-state index is 0.0510. The van der Waals surface area contributed by atoms with Crippen LogP contribution < -0.4 is 5.32 Å². The predicted molar refractivity (Wildman–Crippen MR) is 107 cm³/mol. The molecular formula is C20H28N4OS. The van der Waals surface area contributed by atoms with Crippen molar-refractivity contribution in [3.63, 3.8) is 0 Å². The predicted octanol–water partition coefficient (Wildman–Crippen LogP) is 3.13. The lowest BCUT2D eigenvalue weighted by atomic mass is 10.1. The number of carbonyl (C=O) groups is 1. The van der Waals surface area contributed by atoms with Crippen LogP contribution in [0, 0.1) is 13.8 Å². The van der Waals surface area contributed by atoms with E-state index >= 15 is 0 Å². The number of amides is 1. The van der Waals surface area contributed by atoms with Crippen molar-refractivity contribution in [2.45, 2.75) is 44.9 Å². The van der Waals surface area contributed by atoms with Crippen molar-refractivity contribution in [2.75, 3.05) is 20.4 Å². The molecule has 1 amide bonds. The molecular weight excluding hydrogens is 344 g/mol. The lowest BCUT2D eigenvalue weighted by Gasteiger charge is -2.11. The van der Waals surface area contributed by atoms with E-state index in [1.807, 2.05) is 20.1 Å². The Kier molecular flexibility index (Phi) is 7.60. The van der Waals surface area contributed by atoms with Crippen LogP contribution >= 0.6 is 11.8 Å². The molecule has 1 heterocycles. The topological polar surface area (TPSA) is 58.1 Å². The number of rotatable bonds is 8. The first-order valence-corrected chi connectivity index (χ1v) is 9.99. The lowest BCUT2D eigenvalue weighted by Crippen LogP contribution is -2.23. The Labute approximate surface area is 160 Å². The van der Waals surface area contributed by atoms with Gasteiger partial charge in [0, 0.05) is 30.9 Å². The summed E-state index contributed by atoms with van der Waals surface area (Å²) in [7, 11) is 4.11. The molecule has 0 radical (unpaired) electrons. The number of aromatic nitrogens is 2. The number of hydrogen-bond donors (Lipinski definition) is 1. The highest BCUT2D eigenvalue weighted by molar-refractivity contribution is 7.98. The number of carbonyl (C=O) groups excluding carboxylic acids is 1. The molecule has 2 aromatic rings. The summed E-state index contributed by atoms with van der Waals surface area (Å²) in [6.07, 6.45) is 3.08. The van der Waals surface area contributed by atoms with Gasteiger partial charge in [-0.3, -0.25) is 4.79 Å². The van der Waals surface area contributed by atoms with Crippen molar-refractivity contribution in [1.82, 2.24) is 20.2 Å². The Morgan fingerprint density at radius 3 is 2.19 bits per heavy atom. The zero-order valence-corrected chi connectivity index (χ0v) is 17.1. The third kappa shape index (κ3) is 6.11. The van der Waals surface area contributed by atoms with Crippen molar-refractivity contribution >= 4 is 17.7 Å². The molecule has 0 saturated heterocycles. The van der Waals surface area contributed by atoms with Gasteiger partial charge in [0.2, 0.25) is 5.91 Å². The number of benzene rings is 1. The highest BCUT2D eigenvalue weighted by Gasteiger charge is 2.10. The first kappa shape index (κ1) is 20.4. The smallest absolute Gasteiger partial charge is 0.220 e. The number of hydrogen-bond acceptors (Lipinski definition) is 5. The molecule has 0 spiro atoms. The van der Waals surface area contributed by atoms with E-state index in [4.69, 9.17) is 0 Å². The lowest BCUT2D eigenvalue weighted by molar-refractivity contribution is -0.121. The van der Waals surface area contributed by atoms with E-state index in [0.29, 0.717) is 19.4 Å². The molecule has 1 N–H and O–H groups in total. The van der Waals surface area contributed by atoms with Crippen LogP contribution in [0.2, 0.25) is 0 Å². The fourth-order valence-corrected chi connectivity index (χ4v) is 3.27. The van der Waals surface area contributed by atoms with Gasteiger partial charge in [0.25, 0.3) is 0 Å². The third-order valence-electron chi connectivity index (χ3n) is 4.20. The molecule has 0 unspecified atom stereocenters. The van der Waals surface area contributed by atoms with Crippen LogP contribution in [0.4, 0.5) is 0 Å². The SMILES string of the molecule is CSc1nc(C)c(CCC(=O)NCc2ccc(CN(C)C)cc2)c(C)n1. The van der Waals surface area contributed by atoms with Gasteiger partial charge in [-0.1, -0.05) is 36.0 Å². The van der Waals surface area contributed by atoms with Crippen LogP contribution in [0.5, 0.6) is 0 Å². The molecule has 0 saturated carbocycles. The molecule has 2 rings (SSSR count). The Bertz CT molecular complexity index is 721. The first-order chi connectivity index (χ1) is 12.4. The molecule has 0 bridgehead atoms. The van der Waals surface area contributed by atoms with Crippen LogP contribution in [-0.4, -0.2) is 41.1 Å². The van der Waals surface area contributed by atoms with Crippen LogP contribution in [0.1, 0.15) is 34.5 Å². The minimum atomic E-state index is 0.0510. The van der Waals surface area contributed by atoms with Gasteiger partial charge in [-0.25, -0.2) is 9.97 Å². The number of nitrogens with one attached hydrogen (secondary N) is 1. The van der Waals surface area contributed by atoms with Crippen molar-refractivity contribution in [3.05, 3.63) is 52.3 Å². The molecule has 26 heavy (non-hydrogen) atoms. The monoisotopic (exact) mass is 372 g/mol. The summed E-state index contributed by atoms with van der Waals surface area (Å²) in [5.74, 6) is 0.0510. The van der Waals surface area contributed by atoms with E-state index in [9.17, 15) is 4.79 Å². The van der Waals surface area contributed by atoms with E-state index in [1.165, 1.54) is 17.3 Å². The number of thioether (sulfide) groups is 1. The standard InChI is InChI=1S/C20H28N4OS/c1-14-18(15(2)23-20(22-14)26-5)10-11-19(25)21-12-16-6-8-17(9-7-16)13-24(3)4/h6-9H,10-13H2,1-5H3,(H,21,25). The molecule has 1 aromatic heterocycles. The summed E-state index contributed by atoms with van der Waals surface area (Å²) in [4.78, 5) is 23.3. The van der Waals surface area contributed by atoms with Crippen molar-refractivity contribution in [1.29, 1.82) is 0 Å². The van der Waals surface area contributed by atoms with Gasteiger partial charge >= 0.3 is 0 Å². The van der Waals surface area contributed by atoms with Crippen LogP contribution in [0.3, 0.4) is 0 Å². The molecule has 0 aliphatic heterocycles. The molecule has 0 aliphatic carbocycles. The van der Waals surface area contributed by atoms with E-state index in [2.05, 4.69) is 58.5 Å². The highest BCUT2D eigenvalue weighted by atomic mass is 32.2.